The lowest BCUT2D eigenvalue weighted by Gasteiger charge is -2.38. The highest BCUT2D eigenvalue weighted by atomic mass is 19.1. The second-order valence-electron chi connectivity index (χ2n) is 5.88. The normalized spacial score (nSPS) is 16.8. The summed E-state index contributed by atoms with van der Waals surface area (Å²) in [5.74, 6) is 1.00. The molecule has 2 aromatic rings. The fourth-order valence-electron chi connectivity index (χ4n) is 2.92. The number of piperazine rings is 1. The molecule has 6 nitrogen and oxygen atoms in total. The zero-order chi connectivity index (χ0) is 17.1. The molecule has 7 heteroatoms. The van der Waals surface area contributed by atoms with E-state index >= 15 is 0 Å². The first kappa shape index (κ1) is 16.4. The number of anilines is 1. The molecule has 1 fully saturated rings. The molecule has 1 atom stereocenters. The van der Waals surface area contributed by atoms with Crippen LogP contribution in [-0.2, 0) is 6.42 Å². The minimum atomic E-state index is -0.347. The highest BCUT2D eigenvalue weighted by Gasteiger charge is 2.26. The molecule has 0 bridgehead atoms. The van der Waals surface area contributed by atoms with E-state index in [1.807, 2.05) is 24.8 Å². The number of aryl methyl sites for hydroxylation is 1. The van der Waals surface area contributed by atoms with E-state index < -0.39 is 0 Å². The van der Waals surface area contributed by atoms with Crippen molar-refractivity contribution in [3.05, 3.63) is 41.3 Å². The maximum atomic E-state index is 14.1. The average molecular weight is 329 g/mol. The van der Waals surface area contributed by atoms with Gasteiger partial charge in [0.2, 0.25) is 5.89 Å². The van der Waals surface area contributed by atoms with Gasteiger partial charge in [-0.2, -0.15) is 10.2 Å². The first-order chi connectivity index (χ1) is 11.6. The van der Waals surface area contributed by atoms with E-state index in [1.165, 1.54) is 6.07 Å². The molecule has 0 radical (unpaired) electrons. The Bertz CT molecular complexity index is 746. The van der Waals surface area contributed by atoms with E-state index in [-0.39, 0.29) is 11.9 Å². The number of hydrogen-bond donors (Lipinski definition) is 0. The van der Waals surface area contributed by atoms with Crippen molar-refractivity contribution in [3.8, 4) is 6.07 Å². The van der Waals surface area contributed by atoms with Crippen molar-refractivity contribution in [2.24, 2.45) is 0 Å². The van der Waals surface area contributed by atoms with Crippen molar-refractivity contribution < 1.29 is 8.91 Å². The predicted molar refractivity (Wildman–Crippen MR) is 87.0 cm³/mol. The highest BCUT2D eigenvalue weighted by Crippen LogP contribution is 2.25. The summed E-state index contributed by atoms with van der Waals surface area (Å²) < 4.78 is 19.5. The van der Waals surface area contributed by atoms with Gasteiger partial charge in [-0.25, -0.2) is 4.39 Å². The van der Waals surface area contributed by atoms with Crippen LogP contribution in [0.1, 0.15) is 37.2 Å². The molecular formula is C17H20FN5O. The van der Waals surface area contributed by atoms with Gasteiger partial charge < -0.3 is 9.42 Å². The molecule has 1 aromatic heterocycles. The quantitative estimate of drug-likeness (QED) is 0.858. The van der Waals surface area contributed by atoms with Crippen LogP contribution in [0, 0.1) is 17.1 Å². The number of halogens is 1. The Hall–Kier alpha value is -2.46. The summed E-state index contributed by atoms with van der Waals surface area (Å²) >= 11 is 0. The maximum absolute atomic E-state index is 14.1. The molecular weight excluding hydrogens is 309 g/mol. The van der Waals surface area contributed by atoms with Crippen LogP contribution in [0.5, 0.6) is 0 Å². The molecule has 126 valence electrons. The summed E-state index contributed by atoms with van der Waals surface area (Å²) in [5.41, 5.74) is 0.888. The van der Waals surface area contributed by atoms with Crippen LogP contribution in [0.25, 0.3) is 0 Å². The SMILES string of the molecule is CCc1noc([C@H](C)N2CCN(c3ccc(C#N)cc3F)CC2)n1. The molecule has 1 aromatic carbocycles. The van der Waals surface area contributed by atoms with E-state index in [4.69, 9.17) is 9.78 Å². The summed E-state index contributed by atoms with van der Waals surface area (Å²) in [4.78, 5) is 8.65. The number of nitrogens with zero attached hydrogens (tertiary/aromatic N) is 5. The van der Waals surface area contributed by atoms with Crippen LogP contribution >= 0.6 is 0 Å². The molecule has 3 rings (SSSR count). The van der Waals surface area contributed by atoms with Gasteiger partial charge >= 0.3 is 0 Å². The third-order valence-electron chi connectivity index (χ3n) is 4.44. The molecule has 1 aliphatic rings. The van der Waals surface area contributed by atoms with Crippen molar-refractivity contribution in [3.63, 3.8) is 0 Å². The molecule has 0 aliphatic carbocycles. The second kappa shape index (κ2) is 6.97. The number of rotatable bonds is 4. The zero-order valence-electron chi connectivity index (χ0n) is 13.9. The Kier molecular flexibility index (Phi) is 4.76. The van der Waals surface area contributed by atoms with Crippen molar-refractivity contribution in [1.82, 2.24) is 15.0 Å². The topological polar surface area (TPSA) is 69.2 Å². The fraction of sp³-hybridized carbons (Fsp3) is 0.471. The highest BCUT2D eigenvalue weighted by molar-refractivity contribution is 5.51. The number of aromatic nitrogens is 2. The lowest BCUT2D eigenvalue weighted by atomic mass is 10.1. The molecule has 1 saturated heterocycles. The largest absolute Gasteiger partial charge is 0.367 e. The Balaban J connectivity index is 1.64. The zero-order valence-corrected chi connectivity index (χ0v) is 13.9. The van der Waals surface area contributed by atoms with Gasteiger partial charge in [-0.3, -0.25) is 4.90 Å². The molecule has 24 heavy (non-hydrogen) atoms. The summed E-state index contributed by atoms with van der Waals surface area (Å²) in [6, 6.07) is 6.62. The van der Waals surface area contributed by atoms with Crippen LogP contribution in [0.3, 0.4) is 0 Å². The molecule has 1 aliphatic heterocycles. The number of benzene rings is 1. The monoisotopic (exact) mass is 329 g/mol. The first-order valence-corrected chi connectivity index (χ1v) is 8.13. The van der Waals surface area contributed by atoms with E-state index in [1.54, 1.807) is 12.1 Å². The first-order valence-electron chi connectivity index (χ1n) is 8.13. The molecule has 0 N–H and O–H groups in total. The Labute approximate surface area is 140 Å². The third-order valence-corrected chi connectivity index (χ3v) is 4.44. The van der Waals surface area contributed by atoms with E-state index in [2.05, 4.69) is 15.0 Å². The van der Waals surface area contributed by atoms with Crippen molar-refractivity contribution in [1.29, 1.82) is 5.26 Å². The van der Waals surface area contributed by atoms with Crippen LogP contribution in [0.15, 0.2) is 22.7 Å². The van der Waals surface area contributed by atoms with Gasteiger partial charge in [-0.15, -0.1) is 0 Å². The van der Waals surface area contributed by atoms with Gasteiger partial charge in [0, 0.05) is 32.6 Å². The standard InChI is InChI=1S/C17H20FN5O/c1-3-16-20-17(24-21-16)12(2)22-6-8-23(9-7-22)15-5-4-13(11-19)10-14(15)18/h4-5,10,12H,3,6-9H2,1-2H3/t12-/m0/s1. The van der Waals surface area contributed by atoms with Gasteiger partial charge in [-0.05, 0) is 25.1 Å². The van der Waals surface area contributed by atoms with Crippen molar-refractivity contribution in [2.75, 3.05) is 31.1 Å². The second-order valence-corrected chi connectivity index (χ2v) is 5.88. The Morgan fingerprint density at radius 1 is 1.33 bits per heavy atom. The Morgan fingerprint density at radius 2 is 2.08 bits per heavy atom. The predicted octanol–water partition coefficient (Wildman–Crippen LogP) is 2.53. The van der Waals surface area contributed by atoms with Crippen molar-refractivity contribution in [2.45, 2.75) is 26.3 Å². The Morgan fingerprint density at radius 3 is 2.67 bits per heavy atom. The fourth-order valence-corrected chi connectivity index (χ4v) is 2.92. The molecule has 2 heterocycles. The molecule has 0 spiro atoms. The van der Waals surface area contributed by atoms with E-state index in [0.717, 1.165) is 25.3 Å². The van der Waals surface area contributed by atoms with Crippen molar-refractivity contribution >= 4 is 5.69 Å². The van der Waals surface area contributed by atoms with Gasteiger partial charge in [0.15, 0.2) is 5.82 Å². The van der Waals surface area contributed by atoms with Gasteiger partial charge in [0.25, 0.3) is 0 Å². The summed E-state index contributed by atoms with van der Waals surface area (Å²) in [5, 5.41) is 12.8. The van der Waals surface area contributed by atoms with Crippen LogP contribution in [0.2, 0.25) is 0 Å². The van der Waals surface area contributed by atoms with E-state index in [0.29, 0.717) is 30.2 Å². The van der Waals surface area contributed by atoms with Crippen LogP contribution in [-0.4, -0.2) is 41.2 Å². The number of nitriles is 1. The van der Waals surface area contributed by atoms with Crippen LogP contribution < -0.4 is 4.90 Å². The van der Waals surface area contributed by atoms with Crippen LogP contribution in [0.4, 0.5) is 10.1 Å². The molecule has 0 amide bonds. The minimum Gasteiger partial charge on any atom is -0.367 e. The molecule has 0 saturated carbocycles. The summed E-state index contributed by atoms with van der Waals surface area (Å²) in [6.07, 6.45) is 0.752. The third kappa shape index (κ3) is 3.24. The van der Waals surface area contributed by atoms with Gasteiger partial charge in [0.1, 0.15) is 5.82 Å². The van der Waals surface area contributed by atoms with Gasteiger partial charge in [-0.1, -0.05) is 12.1 Å². The average Bonchev–Trinajstić information content (AvgIpc) is 3.10. The molecule has 0 unspecified atom stereocenters. The summed E-state index contributed by atoms with van der Waals surface area (Å²) in [6.45, 7) is 7.02. The van der Waals surface area contributed by atoms with E-state index in [9.17, 15) is 4.39 Å². The lowest BCUT2D eigenvalue weighted by Crippen LogP contribution is -2.47. The number of hydrogen-bond acceptors (Lipinski definition) is 6. The van der Waals surface area contributed by atoms with Gasteiger partial charge in [0.05, 0.1) is 23.4 Å². The minimum absolute atomic E-state index is 0.0470. The lowest BCUT2D eigenvalue weighted by molar-refractivity contribution is 0.164. The maximum Gasteiger partial charge on any atom is 0.243 e. The smallest absolute Gasteiger partial charge is 0.243 e. The summed E-state index contributed by atoms with van der Waals surface area (Å²) in [7, 11) is 0.